The molecule has 1 unspecified atom stereocenters. The van der Waals surface area contributed by atoms with Gasteiger partial charge in [-0.1, -0.05) is 6.07 Å². The van der Waals surface area contributed by atoms with Crippen LogP contribution in [-0.2, 0) is 0 Å². The molecule has 0 fully saturated rings. The van der Waals surface area contributed by atoms with E-state index in [1.165, 1.54) is 0 Å². The van der Waals surface area contributed by atoms with E-state index in [4.69, 9.17) is 15.2 Å². The molecule has 2 aromatic rings. The van der Waals surface area contributed by atoms with E-state index in [0.29, 0.717) is 11.5 Å². The van der Waals surface area contributed by atoms with Crippen LogP contribution in [0.3, 0.4) is 0 Å². The molecule has 4 heteroatoms. The zero-order valence-electron chi connectivity index (χ0n) is 11.4. The minimum atomic E-state index is -0.0346. The molecule has 0 radical (unpaired) electrons. The Kier molecular flexibility index (Phi) is 4.02. The average molecular weight is 258 g/mol. The summed E-state index contributed by atoms with van der Waals surface area (Å²) in [6.45, 7) is 1.94. The lowest BCUT2D eigenvalue weighted by atomic mass is 10.0. The fourth-order valence-corrected chi connectivity index (χ4v) is 1.88. The van der Waals surface area contributed by atoms with Gasteiger partial charge < -0.3 is 15.2 Å². The molecule has 100 valence electrons. The van der Waals surface area contributed by atoms with Gasteiger partial charge in [-0.2, -0.15) is 0 Å². The van der Waals surface area contributed by atoms with E-state index in [9.17, 15) is 0 Å². The Morgan fingerprint density at radius 3 is 2.37 bits per heavy atom. The Labute approximate surface area is 113 Å². The van der Waals surface area contributed by atoms with Crippen molar-refractivity contribution in [3.8, 4) is 22.6 Å². The Bertz CT molecular complexity index is 568. The predicted molar refractivity (Wildman–Crippen MR) is 75.4 cm³/mol. The van der Waals surface area contributed by atoms with Gasteiger partial charge in [-0.05, 0) is 36.2 Å². The summed E-state index contributed by atoms with van der Waals surface area (Å²) in [5.74, 6) is 1.41. The molecule has 19 heavy (non-hydrogen) atoms. The van der Waals surface area contributed by atoms with Crippen LogP contribution < -0.4 is 15.2 Å². The summed E-state index contributed by atoms with van der Waals surface area (Å²) in [4.78, 5) is 4.23. The standard InChI is InChI=1S/C15H18N2O2/c1-10(16)12-6-13(9-17-8-12)11-4-5-14(18-2)15(7-11)19-3/h4-10H,16H2,1-3H3. The zero-order valence-corrected chi connectivity index (χ0v) is 11.4. The van der Waals surface area contributed by atoms with Crippen LogP contribution in [0, 0.1) is 0 Å². The second-order valence-electron chi connectivity index (χ2n) is 4.37. The van der Waals surface area contributed by atoms with Crippen molar-refractivity contribution >= 4 is 0 Å². The molecule has 2 N–H and O–H groups in total. The van der Waals surface area contributed by atoms with E-state index in [1.54, 1.807) is 20.4 Å². The highest BCUT2D eigenvalue weighted by molar-refractivity contribution is 5.67. The van der Waals surface area contributed by atoms with Crippen LogP contribution in [0.25, 0.3) is 11.1 Å². The van der Waals surface area contributed by atoms with Gasteiger partial charge in [0.05, 0.1) is 14.2 Å². The van der Waals surface area contributed by atoms with Crippen molar-refractivity contribution in [2.45, 2.75) is 13.0 Å². The third-order valence-electron chi connectivity index (χ3n) is 3.00. The summed E-state index contributed by atoms with van der Waals surface area (Å²) in [6, 6.07) is 7.79. The maximum atomic E-state index is 5.88. The lowest BCUT2D eigenvalue weighted by Gasteiger charge is -2.11. The fraction of sp³-hybridized carbons (Fsp3) is 0.267. The predicted octanol–water partition coefficient (Wildman–Crippen LogP) is 2.79. The van der Waals surface area contributed by atoms with Gasteiger partial charge in [-0.3, -0.25) is 4.98 Å². The Morgan fingerprint density at radius 1 is 1.00 bits per heavy atom. The monoisotopic (exact) mass is 258 g/mol. The molecular formula is C15H18N2O2. The number of nitrogens with two attached hydrogens (primary N) is 1. The zero-order chi connectivity index (χ0) is 13.8. The normalized spacial score (nSPS) is 12.0. The molecule has 0 amide bonds. The summed E-state index contributed by atoms with van der Waals surface area (Å²) in [5, 5.41) is 0. The molecule has 0 aliphatic heterocycles. The summed E-state index contributed by atoms with van der Waals surface area (Å²) in [6.07, 6.45) is 3.60. The molecule has 4 nitrogen and oxygen atoms in total. The van der Waals surface area contributed by atoms with Crippen molar-refractivity contribution in [1.82, 2.24) is 4.98 Å². The van der Waals surface area contributed by atoms with Crippen LogP contribution in [0.2, 0.25) is 0 Å². The van der Waals surface area contributed by atoms with Crippen molar-refractivity contribution in [2.75, 3.05) is 14.2 Å². The fourth-order valence-electron chi connectivity index (χ4n) is 1.88. The van der Waals surface area contributed by atoms with E-state index < -0.39 is 0 Å². The maximum absolute atomic E-state index is 5.88. The molecule has 0 saturated carbocycles. The second kappa shape index (κ2) is 5.71. The number of pyridine rings is 1. The first-order valence-corrected chi connectivity index (χ1v) is 6.08. The van der Waals surface area contributed by atoms with Crippen LogP contribution in [0.5, 0.6) is 11.5 Å². The quantitative estimate of drug-likeness (QED) is 0.916. The molecular weight excluding hydrogens is 240 g/mol. The Balaban J connectivity index is 2.44. The van der Waals surface area contributed by atoms with E-state index in [-0.39, 0.29) is 6.04 Å². The minimum Gasteiger partial charge on any atom is -0.493 e. The summed E-state index contributed by atoms with van der Waals surface area (Å²) in [7, 11) is 3.24. The average Bonchev–Trinajstić information content (AvgIpc) is 2.46. The highest BCUT2D eigenvalue weighted by Crippen LogP contribution is 2.32. The van der Waals surface area contributed by atoms with E-state index in [0.717, 1.165) is 16.7 Å². The first kappa shape index (κ1) is 13.4. The van der Waals surface area contributed by atoms with Crippen molar-refractivity contribution in [1.29, 1.82) is 0 Å². The molecule has 1 aromatic heterocycles. The molecule has 1 aromatic carbocycles. The summed E-state index contributed by atoms with van der Waals surface area (Å²) in [5.41, 5.74) is 8.92. The largest absolute Gasteiger partial charge is 0.493 e. The van der Waals surface area contributed by atoms with Crippen molar-refractivity contribution < 1.29 is 9.47 Å². The number of aromatic nitrogens is 1. The summed E-state index contributed by atoms with van der Waals surface area (Å²) >= 11 is 0. The van der Waals surface area contributed by atoms with Gasteiger partial charge in [-0.15, -0.1) is 0 Å². The van der Waals surface area contributed by atoms with Crippen LogP contribution >= 0.6 is 0 Å². The molecule has 0 bridgehead atoms. The molecule has 0 spiro atoms. The van der Waals surface area contributed by atoms with Gasteiger partial charge in [0.25, 0.3) is 0 Å². The van der Waals surface area contributed by atoms with Crippen molar-refractivity contribution in [3.63, 3.8) is 0 Å². The van der Waals surface area contributed by atoms with E-state index in [2.05, 4.69) is 4.98 Å². The third-order valence-corrected chi connectivity index (χ3v) is 3.00. The number of nitrogens with zero attached hydrogens (tertiary/aromatic N) is 1. The van der Waals surface area contributed by atoms with Gasteiger partial charge >= 0.3 is 0 Å². The van der Waals surface area contributed by atoms with Crippen LogP contribution in [0.15, 0.2) is 36.7 Å². The number of methoxy groups -OCH3 is 2. The van der Waals surface area contributed by atoms with Gasteiger partial charge in [-0.25, -0.2) is 0 Å². The van der Waals surface area contributed by atoms with Gasteiger partial charge in [0.15, 0.2) is 11.5 Å². The topological polar surface area (TPSA) is 57.4 Å². The van der Waals surface area contributed by atoms with E-state index in [1.807, 2.05) is 37.4 Å². The first-order valence-electron chi connectivity index (χ1n) is 6.08. The Morgan fingerprint density at radius 2 is 1.74 bits per heavy atom. The molecule has 1 atom stereocenters. The maximum Gasteiger partial charge on any atom is 0.161 e. The van der Waals surface area contributed by atoms with Crippen LogP contribution in [0.1, 0.15) is 18.5 Å². The number of rotatable bonds is 4. The molecule has 0 aliphatic carbocycles. The molecule has 0 aliphatic rings. The van der Waals surface area contributed by atoms with Gasteiger partial charge in [0, 0.05) is 24.0 Å². The van der Waals surface area contributed by atoms with Crippen molar-refractivity contribution in [3.05, 3.63) is 42.2 Å². The van der Waals surface area contributed by atoms with Crippen molar-refractivity contribution in [2.24, 2.45) is 5.73 Å². The lowest BCUT2D eigenvalue weighted by molar-refractivity contribution is 0.355. The highest BCUT2D eigenvalue weighted by Gasteiger charge is 2.08. The third kappa shape index (κ3) is 2.85. The molecule has 0 saturated heterocycles. The van der Waals surface area contributed by atoms with Crippen LogP contribution in [0.4, 0.5) is 0 Å². The molecule has 1 heterocycles. The smallest absolute Gasteiger partial charge is 0.161 e. The first-order chi connectivity index (χ1) is 9.15. The number of ether oxygens (including phenoxy) is 2. The lowest BCUT2D eigenvalue weighted by Crippen LogP contribution is -2.05. The van der Waals surface area contributed by atoms with Gasteiger partial charge in [0.2, 0.25) is 0 Å². The second-order valence-corrected chi connectivity index (χ2v) is 4.37. The van der Waals surface area contributed by atoms with Gasteiger partial charge in [0.1, 0.15) is 0 Å². The minimum absolute atomic E-state index is 0.0346. The Hall–Kier alpha value is -2.07. The number of benzene rings is 1. The summed E-state index contributed by atoms with van der Waals surface area (Å²) < 4.78 is 10.5. The molecule has 2 rings (SSSR count). The van der Waals surface area contributed by atoms with E-state index >= 15 is 0 Å². The SMILES string of the molecule is COc1ccc(-c2cncc(C(C)N)c2)cc1OC. The number of hydrogen-bond donors (Lipinski definition) is 1. The number of hydrogen-bond acceptors (Lipinski definition) is 4. The van der Waals surface area contributed by atoms with Crippen LogP contribution in [-0.4, -0.2) is 19.2 Å². The highest BCUT2D eigenvalue weighted by atomic mass is 16.5.